The lowest BCUT2D eigenvalue weighted by Gasteiger charge is -2.04. The molecule has 0 aliphatic rings. The highest BCUT2D eigenvalue weighted by atomic mass is 14.0. The molecule has 81 valence electrons. The Kier molecular flexibility index (Phi) is 3.76. The van der Waals surface area contributed by atoms with Crippen molar-refractivity contribution in [3.8, 4) is 0 Å². The Morgan fingerprint density at radius 2 is 1.31 bits per heavy atom. The number of hydrogen-bond donors (Lipinski definition) is 0. The second-order valence-corrected chi connectivity index (χ2v) is 4.06. The molecule has 2 aromatic carbocycles. The molecule has 0 aliphatic heterocycles. The summed E-state index contributed by atoms with van der Waals surface area (Å²) in [6, 6.07) is 19.4. The van der Waals surface area contributed by atoms with Crippen LogP contribution in [0.1, 0.15) is 16.7 Å². The first-order valence-electron chi connectivity index (χ1n) is 5.79. The number of benzene rings is 2. The molecule has 0 heteroatoms. The number of rotatable bonds is 4. The van der Waals surface area contributed by atoms with Gasteiger partial charge in [0, 0.05) is 0 Å². The van der Waals surface area contributed by atoms with E-state index in [1.807, 2.05) is 0 Å². The maximum absolute atomic E-state index is 3.92. The Bertz CT molecular complexity index is 429. The molecule has 2 rings (SSSR count). The number of aryl methyl sites for hydroxylation is 2. The predicted molar refractivity (Wildman–Crippen MR) is 69.4 cm³/mol. The molecule has 0 amide bonds. The fourth-order valence-electron chi connectivity index (χ4n) is 1.87. The molecule has 0 N–H and O–H groups in total. The highest BCUT2D eigenvalue weighted by Gasteiger charge is 1.96. The third-order valence-corrected chi connectivity index (χ3v) is 2.83. The van der Waals surface area contributed by atoms with Crippen LogP contribution in [-0.4, -0.2) is 0 Å². The van der Waals surface area contributed by atoms with Gasteiger partial charge >= 0.3 is 0 Å². The van der Waals surface area contributed by atoms with Gasteiger partial charge in [-0.05, 0) is 42.9 Å². The van der Waals surface area contributed by atoms with Crippen molar-refractivity contribution in [1.29, 1.82) is 0 Å². The van der Waals surface area contributed by atoms with Crippen LogP contribution in [0.25, 0.3) is 0 Å². The molecule has 1 radical (unpaired) electrons. The summed E-state index contributed by atoms with van der Waals surface area (Å²) in [6.07, 6.45) is 3.10. The lowest BCUT2D eigenvalue weighted by atomic mass is 10.0. The first-order valence-corrected chi connectivity index (χ1v) is 5.79. The molecule has 2 aromatic rings. The van der Waals surface area contributed by atoms with Gasteiger partial charge in [0.05, 0.1) is 0 Å². The van der Waals surface area contributed by atoms with Gasteiger partial charge in [0.15, 0.2) is 0 Å². The van der Waals surface area contributed by atoms with Crippen LogP contribution < -0.4 is 0 Å². The minimum atomic E-state index is 0.874. The average molecular weight is 209 g/mol. The summed E-state index contributed by atoms with van der Waals surface area (Å²) in [5.74, 6) is 0. The topological polar surface area (TPSA) is 0 Å². The Labute approximate surface area is 97.9 Å². The molecule has 0 bridgehead atoms. The Morgan fingerprint density at radius 3 is 2.06 bits per heavy atom. The smallest absolute Gasteiger partial charge is 0.0238 e. The SMILES string of the molecule is [CH2]Cc1cccc(CCc2ccccc2)c1. The van der Waals surface area contributed by atoms with Crippen LogP contribution in [0.15, 0.2) is 54.6 Å². The standard InChI is InChI=1S/C16H17/c1-2-14-9-6-10-16(13-14)12-11-15-7-4-3-5-8-15/h3-10,13H,1-2,11-12H2. The molecule has 0 atom stereocenters. The fourth-order valence-corrected chi connectivity index (χ4v) is 1.87. The van der Waals surface area contributed by atoms with E-state index < -0.39 is 0 Å². The summed E-state index contributed by atoms with van der Waals surface area (Å²) in [5.41, 5.74) is 4.14. The highest BCUT2D eigenvalue weighted by molar-refractivity contribution is 5.25. The Balaban J connectivity index is 1.99. The number of hydrogen-bond acceptors (Lipinski definition) is 0. The van der Waals surface area contributed by atoms with Crippen LogP contribution in [-0.2, 0) is 19.3 Å². The van der Waals surface area contributed by atoms with Gasteiger partial charge in [-0.25, -0.2) is 0 Å². The van der Waals surface area contributed by atoms with E-state index in [-0.39, 0.29) is 0 Å². The van der Waals surface area contributed by atoms with Crippen molar-refractivity contribution in [2.75, 3.05) is 0 Å². The molecular formula is C16H17. The third-order valence-electron chi connectivity index (χ3n) is 2.83. The van der Waals surface area contributed by atoms with Crippen LogP contribution >= 0.6 is 0 Å². The quantitative estimate of drug-likeness (QED) is 0.717. The van der Waals surface area contributed by atoms with E-state index in [0.29, 0.717) is 0 Å². The summed E-state index contributed by atoms with van der Waals surface area (Å²) in [7, 11) is 0. The normalized spacial score (nSPS) is 10.3. The molecule has 0 nitrogen and oxygen atoms in total. The summed E-state index contributed by atoms with van der Waals surface area (Å²) in [6.45, 7) is 3.92. The van der Waals surface area contributed by atoms with E-state index >= 15 is 0 Å². The molecule has 0 aromatic heterocycles. The maximum atomic E-state index is 3.92. The fraction of sp³-hybridized carbons (Fsp3) is 0.188. The van der Waals surface area contributed by atoms with Gasteiger partial charge in [-0.1, -0.05) is 54.6 Å². The van der Waals surface area contributed by atoms with Gasteiger partial charge in [0.1, 0.15) is 0 Å². The van der Waals surface area contributed by atoms with Crippen molar-refractivity contribution in [3.63, 3.8) is 0 Å². The molecule has 0 saturated carbocycles. The van der Waals surface area contributed by atoms with Crippen LogP contribution in [0.3, 0.4) is 0 Å². The van der Waals surface area contributed by atoms with Gasteiger partial charge in [-0.15, -0.1) is 0 Å². The third kappa shape index (κ3) is 2.96. The molecule has 0 unspecified atom stereocenters. The molecule has 0 saturated heterocycles. The average Bonchev–Trinajstić information content (AvgIpc) is 2.38. The molecule has 16 heavy (non-hydrogen) atoms. The Morgan fingerprint density at radius 1 is 0.688 bits per heavy atom. The lowest BCUT2D eigenvalue weighted by Crippen LogP contribution is -1.92. The first-order chi connectivity index (χ1) is 7.88. The van der Waals surface area contributed by atoms with Crippen LogP contribution in [0.2, 0.25) is 0 Å². The zero-order valence-corrected chi connectivity index (χ0v) is 9.52. The van der Waals surface area contributed by atoms with Gasteiger partial charge < -0.3 is 0 Å². The predicted octanol–water partition coefficient (Wildman–Crippen LogP) is 3.85. The van der Waals surface area contributed by atoms with Crippen molar-refractivity contribution >= 4 is 0 Å². The molecule has 0 heterocycles. The molecule has 0 fully saturated rings. The van der Waals surface area contributed by atoms with Crippen LogP contribution in [0.4, 0.5) is 0 Å². The van der Waals surface area contributed by atoms with Crippen molar-refractivity contribution in [3.05, 3.63) is 78.2 Å². The van der Waals surface area contributed by atoms with Crippen molar-refractivity contribution in [2.45, 2.75) is 19.3 Å². The minimum Gasteiger partial charge on any atom is -0.0622 e. The molecular weight excluding hydrogens is 192 g/mol. The van der Waals surface area contributed by atoms with Gasteiger partial charge in [0.2, 0.25) is 0 Å². The van der Waals surface area contributed by atoms with Crippen LogP contribution in [0, 0.1) is 6.92 Å². The first kappa shape index (κ1) is 10.9. The van der Waals surface area contributed by atoms with Crippen LogP contribution in [0.5, 0.6) is 0 Å². The van der Waals surface area contributed by atoms with Gasteiger partial charge in [-0.3, -0.25) is 0 Å². The summed E-state index contributed by atoms with van der Waals surface area (Å²) in [5, 5.41) is 0. The zero-order valence-electron chi connectivity index (χ0n) is 9.52. The van der Waals surface area contributed by atoms with Crippen molar-refractivity contribution in [2.24, 2.45) is 0 Å². The molecule has 0 aliphatic carbocycles. The van der Waals surface area contributed by atoms with Gasteiger partial charge in [-0.2, -0.15) is 0 Å². The highest BCUT2D eigenvalue weighted by Crippen LogP contribution is 2.10. The van der Waals surface area contributed by atoms with E-state index in [0.717, 1.165) is 19.3 Å². The molecule has 0 spiro atoms. The largest absolute Gasteiger partial charge is 0.0622 e. The van der Waals surface area contributed by atoms with E-state index in [9.17, 15) is 0 Å². The van der Waals surface area contributed by atoms with Crippen molar-refractivity contribution < 1.29 is 0 Å². The Hall–Kier alpha value is -1.56. The maximum Gasteiger partial charge on any atom is -0.0238 e. The van der Waals surface area contributed by atoms with Crippen molar-refractivity contribution in [1.82, 2.24) is 0 Å². The monoisotopic (exact) mass is 209 g/mol. The minimum absolute atomic E-state index is 0.874. The lowest BCUT2D eigenvalue weighted by molar-refractivity contribution is 0.956. The summed E-state index contributed by atoms with van der Waals surface area (Å²) in [4.78, 5) is 0. The zero-order chi connectivity index (χ0) is 11.2. The second-order valence-electron chi connectivity index (χ2n) is 4.06. The summed E-state index contributed by atoms with van der Waals surface area (Å²) >= 11 is 0. The van der Waals surface area contributed by atoms with E-state index in [2.05, 4.69) is 61.5 Å². The second kappa shape index (κ2) is 5.50. The van der Waals surface area contributed by atoms with E-state index in [4.69, 9.17) is 0 Å². The van der Waals surface area contributed by atoms with E-state index in [1.54, 1.807) is 0 Å². The summed E-state index contributed by atoms with van der Waals surface area (Å²) < 4.78 is 0. The van der Waals surface area contributed by atoms with Gasteiger partial charge in [0.25, 0.3) is 0 Å². The van der Waals surface area contributed by atoms with E-state index in [1.165, 1.54) is 16.7 Å².